The van der Waals surface area contributed by atoms with Crippen molar-refractivity contribution in [2.45, 2.75) is 57.6 Å². The van der Waals surface area contributed by atoms with E-state index in [0.717, 1.165) is 19.4 Å². The van der Waals surface area contributed by atoms with Crippen molar-refractivity contribution in [3.05, 3.63) is 0 Å². The first-order chi connectivity index (χ1) is 7.89. The van der Waals surface area contributed by atoms with Gasteiger partial charge < -0.3 is 15.2 Å². The number of hydrogen-bond donors (Lipinski definition) is 2. The quantitative estimate of drug-likeness (QED) is 0.737. The van der Waals surface area contributed by atoms with Crippen LogP contribution in [0.4, 0.5) is 0 Å². The number of carboxylic acid groups (broad SMARTS) is 1. The van der Waals surface area contributed by atoms with Crippen LogP contribution in [0.3, 0.4) is 0 Å². The zero-order valence-corrected chi connectivity index (χ0v) is 10.5. The van der Waals surface area contributed by atoms with Gasteiger partial charge in [0.05, 0.1) is 12.5 Å². The number of carboxylic acids is 1. The van der Waals surface area contributed by atoms with Crippen LogP contribution in [0.15, 0.2) is 0 Å². The minimum Gasteiger partial charge on any atom is -0.481 e. The Morgan fingerprint density at radius 1 is 1.47 bits per heavy atom. The summed E-state index contributed by atoms with van der Waals surface area (Å²) in [7, 11) is 0. The molecule has 1 unspecified atom stereocenters. The molecule has 0 bridgehead atoms. The van der Waals surface area contributed by atoms with E-state index in [1.807, 2.05) is 13.8 Å². The van der Waals surface area contributed by atoms with Crippen molar-refractivity contribution in [1.82, 2.24) is 5.32 Å². The van der Waals surface area contributed by atoms with E-state index in [1.54, 1.807) is 0 Å². The summed E-state index contributed by atoms with van der Waals surface area (Å²) in [6, 6.07) is 0. The Bertz CT molecular complexity index is 282. The maximum atomic E-state index is 11.7. The molecule has 0 aromatic heterocycles. The van der Waals surface area contributed by atoms with Gasteiger partial charge in [-0.3, -0.25) is 9.59 Å². The van der Waals surface area contributed by atoms with Gasteiger partial charge >= 0.3 is 5.97 Å². The molecule has 0 aliphatic carbocycles. The SMILES string of the molecule is CC(C)(CCC(=O)O)NC(=O)CC1CCCO1. The molecule has 1 aliphatic rings. The van der Waals surface area contributed by atoms with E-state index in [0.29, 0.717) is 12.8 Å². The highest BCUT2D eigenvalue weighted by atomic mass is 16.5. The molecule has 1 atom stereocenters. The summed E-state index contributed by atoms with van der Waals surface area (Å²) in [4.78, 5) is 22.2. The summed E-state index contributed by atoms with van der Waals surface area (Å²) in [5, 5.41) is 11.5. The highest BCUT2D eigenvalue weighted by molar-refractivity contribution is 5.77. The van der Waals surface area contributed by atoms with E-state index in [2.05, 4.69) is 5.32 Å². The van der Waals surface area contributed by atoms with Crippen LogP contribution in [0, 0.1) is 0 Å². The minimum atomic E-state index is -0.841. The molecule has 0 spiro atoms. The number of carbonyl (C=O) groups is 2. The van der Waals surface area contributed by atoms with Gasteiger partial charge in [0.2, 0.25) is 5.91 Å². The van der Waals surface area contributed by atoms with Crippen molar-refractivity contribution in [2.24, 2.45) is 0 Å². The smallest absolute Gasteiger partial charge is 0.303 e. The number of ether oxygens (including phenoxy) is 1. The second-order valence-electron chi connectivity index (χ2n) is 5.16. The van der Waals surface area contributed by atoms with Gasteiger partial charge in [0, 0.05) is 18.6 Å². The van der Waals surface area contributed by atoms with E-state index < -0.39 is 11.5 Å². The monoisotopic (exact) mass is 243 g/mol. The van der Waals surface area contributed by atoms with Gasteiger partial charge in [-0.25, -0.2) is 0 Å². The zero-order chi connectivity index (χ0) is 12.9. The Kier molecular flexibility index (Phi) is 4.93. The van der Waals surface area contributed by atoms with Gasteiger partial charge in [-0.1, -0.05) is 0 Å². The van der Waals surface area contributed by atoms with Crippen molar-refractivity contribution in [3.8, 4) is 0 Å². The van der Waals surface area contributed by atoms with Crippen LogP contribution in [0.25, 0.3) is 0 Å². The molecule has 5 heteroatoms. The first kappa shape index (κ1) is 14.0. The first-order valence-corrected chi connectivity index (χ1v) is 6.03. The molecule has 0 saturated carbocycles. The maximum absolute atomic E-state index is 11.7. The fraction of sp³-hybridized carbons (Fsp3) is 0.833. The largest absolute Gasteiger partial charge is 0.481 e. The predicted octanol–water partition coefficient (Wildman–Crippen LogP) is 1.32. The summed E-state index contributed by atoms with van der Waals surface area (Å²) in [5.74, 6) is -0.904. The number of nitrogens with one attached hydrogen (secondary N) is 1. The standard InChI is InChI=1S/C12H21NO4/c1-12(2,6-5-11(15)16)13-10(14)8-9-4-3-7-17-9/h9H,3-8H2,1-2H3,(H,13,14)(H,15,16). The van der Waals surface area contributed by atoms with Crippen LogP contribution in [0.5, 0.6) is 0 Å². The number of rotatable bonds is 6. The third-order valence-electron chi connectivity index (χ3n) is 2.88. The molecule has 1 rings (SSSR count). The zero-order valence-electron chi connectivity index (χ0n) is 10.5. The topological polar surface area (TPSA) is 75.6 Å². The molecule has 1 amide bonds. The lowest BCUT2D eigenvalue weighted by molar-refractivity contribution is -0.138. The van der Waals surface area contributed by atoms with Crippen LogP contribution in [-0.4, -0.2) is 35.2 Å². The van der Waals surface area contributed by atoms with Crippen LogP contribution in [0.2, 0.25) is 0 Å². The lowest BCUT2D eigenvalue weighted by Crippen LogP contribution is -2.44. The van der Waals surface area contributed by atoms with E-state index in [-0.39, 0.29) is 18.4 Å². The van der Waals surface area contributed by atoms with E-state index in [1.165, 1.54) is 0 Å². The van der Waals surface area contributed by atoms with Gasteiger partial charge in [-0.2, -0.15) is 0 Å². The number of aliphatic carboxylic acids is 1. The molecular weight excluding hydrogens is 222 g/mol. The molecule has 1 aliphatic heterocycles. The third-order valence-corrected chi connectivity index (χ3v) is 2.88. The van der Waals surface area contributed by atoms with Gasteiger partial charge in [-0.05, 0) is 33.1 Å². The van der Waals surface area contributed by atoms with Crippen LogP contribution in [-0.2, 0) is 14.3 Å². The Morgan fingerprint density at radius 3 is 2.71 bits per heavy atom. The Balaban J connectivity index is 2.29. The van der Waals surface area contributed by atoms with Gasteiger partial charge in [0.15, 0.2) is 0 Å². The van der Waals surface area contributed by atoms with Crippen LogP contribution < -0.4 is 5.32 Å². The average Bonchev–Trinajstić information content (AvgIpc) is 2.66. The van der Waals surface area contributed by atoms with E-state index in [9.17, 15) is 9.59 Å². The van der Waals surface area contributed by atoms with Crippen molar-refractivity contribution in [2.75, 3.05) is 6.61 Å². The Hall–Kier alpha value is -1.10. The second-order valence-corrected chi connectivity index (χ2v) is 5.16. The van der Waals surface area contributed by atoms with Crippen molar-refractivity contribution >= 4 is 11.9 Å². The lowest BCUT2D eigenvalue weighted by Gasteiger charge is -2.26. The molecule has 0 aromatic rings. The van der Waals surface area contributed by atoms with Crippen LogP contribution in [0.1, 0.15) is 46.0 Å². The number of amides is 1. The van der Waals surface area contributed by atoms with E-state index in [4.69, 9.17) is 9.84 Å². The molecule has 5 nitrogen and oxygen atoms in total. The minimum absolute atomic E-state index is 0.0327. The van der Waals surface area contributed by atoms with Crippen molar-refractivity contribution in [3.63, 3.8) is 0 Å². The molecule has 98 valence electrons. The van der Waals surface area contributed by atoms with E-state index >= 15 is 0 Å². The molecular formula is C12H21NO4. The fourth-order valence-corrected chi connectivity index (χ4v) is 1.92. The summed E-state index contributed by atoms with van der Waals surface area (Å²) >= 11 is 0. The van der Waals surface area contributed by atoms with Crippen molar-refractivity contribution in [1.29, 1.82) is 0 Å². The van der Waals surface area contributed by atoms with Gasteiger partial charge in [0.25, 0.3) is 0 Å². The molecule has 0 radical (unpaired) electrons. The molecule has 1 saturated heterocycles. The Labute approximate surface area is 102 Å². The normalized spacial score (nSPS) is 20.2. The second kappa shape index (κ2) is 6.00. The number of hydrogen-bond acceptors (Lipinski definition) is 3. The Morgan fingerprint density at radius 2 is 2.18 bits per heavy atom. The summed E-state index contributed by atoms with van der Waals surface area (Å²) in [6.07, 6.45) is 2.84. The summed E-state index contributed by atoms with van der Waals surface area (Å²) < 4.78 is 5.38. The third kappa shape index (κ3) is 5.68. The number of carbonyl (C=O) groups excluding carboxylic acids is 1. The lowest BCUT2D eigenvalue weighted by atomic mass is 9.98. The van der Waals surface area contributed by atoms with Gasteiger partial charge in [0.1, 0.15) is 0 Å². The highest BCUT2D eigenvalue weighted by Crippen LogP contribution is 2.17. The molecule has 17 heavy (non-hydrogen) atoms. The molecule has 1 fully saturated rings. The maximum Gasteiger partial charge on any atom is 0.303 e. The molecule has 1 heterocycles. The highest BCUT2D eigenvalue weighted by Gasteiger charge is 2.24. The predicted molar refractivity (Wildman–Crippen MR) is 62.7 cm³/mol. The molecule has 2 N–H and O–H groups in total. The molecule has 0 aromatic carbocycles. The first-order valence-electron chi connectivity index (χ1n) is 6.03. The summed E-state index contributed by atoms with van der Waals surface area (Å²) in [6.45, 7) is 4.41. The fourth-order valence-electron chi connectivity index (χ4n) is 1.92. The average molecular weight is 243 g/mol. The van der Waals surface area contributed by atoms with Crippen LogP contribution >= 0.6 is 0 Å². The summed E-state index contributed by atoms with van der Waals surface area (Å²) in [5.41, 5.74) is -0.478. The van der Waals surface area contributed by atoms with Gasteiger partial charge in [-0.15, -0.1) is 0 Å². The van der Waals surface area contributed by atoms with Crippen molar-refractivity contribution < 1.29 is 19.4 Å².